The number of halogens is 3. The Labute approximate surface area is 36.9 Å². The molecule has 0 bridgehead atoms. The van der Waals surface area contributed by atoms with Gasteiger partial charge in [-0.1, -0.05) is 6.47 Å². The maximum Gasteiger partial charge on any atom is 0.541 e. The van der Waals surface area contributed by atoms with Gasteiger partial charge in [0.15, 0.2) is 0 Å². The van der Waals surface area contributed by atoms with Gasteiger partial charge in [-0.15, -0.1) is 13.2 Å². The summed E-state index contributed by atoms with van der Waals surface area (Å²) in [6.07, 6.45) is -4.87. The lowest BCUT2D eigenvalue weighted by atomic mass is 11.3. The van der Waals surface area contributed by atoms with Crippen LogP contribution < -0.4 is 0 Å². The van der Waals surface area contributed by atoms with Gasteiger partial charge in [0.1, 0.15) is 0 Å². The molecule has 0 rings (SSSR count). The summed E-state index contributed by atoms with van der Waals surface area (Å²) in [4.78, 5) is 8.75. The van der Waals surface area contributed by atoms with Crippen LogP contribution in [-0.2, 0) is 9.53 Å². The normalized spacial score (nSPS) is 10.7. The number of carbonyl (C=O) groups excluding carboxylic acids is 1. The van der Waals surface area contributed by atoms with Crippen LogP contribution in [0, 0.1) is 0 Å². The fourth-order valence-electron chi connectivity index (χ4n) is 0.0472. The summed E-state index contributed by atoms with van der Waals surface area (Å²) < 4.78 is 34.1. The second-order valence-electron chi connectivity index (χ2n) is 0.631. The molecule has 7 heavy (non-hydrogen) atoms. The van der Waals surface area contributed by atoms with E-state index < -0.39 is 6.36 Å². The van der Waals surface area contributed by atoms with Crippen molar-refractivity contribution in [3.8, 4) is 0 Å². The van der Waals surface area contributed by atoms with Crippen molar-refractivity contribution in [2.75, 3.05) is 0 Å². The van der Waals surface area contributed by atoms with Crippen LogP contribution in [0.5, 0.6) is 0 Å². The SMILES string of the molecule is O=[C-]OC(F)(F)F. The molecule has 0 unspecified atom stereocenters. The van der Waals surface area contributed by atoms with Crippen LogP contribution in [0.25, 0.3) is 0 Å². The van der Waals surface area contributed by atoms with Crippen LogP contribution in [0.1, 0.15) is 0 Å². The number of ether oxygens (including phenoxy) is 1. The summed E-state index contributed by atoms with van der Waals surface area (Å²) in [7, 11) is 0. The average Bonchev–Trinajstić information content (AvgIpc) is 1.30. The highest BCUT2D eigenvalue weighted by atomic mass is 19.4. The van der Waals surface area contributed by atoms with E-state index >= 15 is 0 Å². The first-order valence-electron chi connectivity index (χ1n) is 1.18. The van der Waals surface area contributed by atoms with E-state index in [-0.39, 0.29) is 6.47 Å². The van der Waals surface area contributed by atoms with Gasteiger partial charge in [-0.2, -0.15) is 0 Å². The molecule has 0 aliphatic carbocycles. The summed E-state index contributed by atoms with van der Waals surface area (Å²) in [6.45, 7) is 0.233. The van der Waals surface area contributed by atoms with E-state index in [4.69, 9.17) is 4.79 Å². The van der Waals surface area contributed by atoms with E-state index in [9.17, 15) is 13.2 Å². The van der Waals surface area contributed by atoms with Crippen LogP contribution >= 0.6 is 0 Å². The Bertz CT molecular complexity index is 65.8. The van der Waals surface area contributed by atoms with Crippen molar-refractivity contribution in [3.05, 3.63) is 0 Å². The Hall–Kier alpha value is -0.740. The van der Waals surface area contributed by atoms with E-state index in [1.807, 2.05) is 0 Å². The van der Waals surface area contributed by atoms with Crippen LogP contribution in [0.4, 0.5) is 13.2 Å². The molecule has 0 saturated carbocycles. The smallest absolute Gasteiger partial charge is 0.541 e. The molecule has 0 aliphatic heterocycles. The summed E-state index contributed by atoms with van der Waals surface area (Å²) in [6, 6.07) is 0. The molecule has 42 valence electrons. The van der Waals surface area contributed by atoms with Gasteiger partial charge >= 0.3 is 6.36 Å². The molecule has 0 fully saturated rings. The maximum absolute atomic E-state index is 10.6. The highest BCUT2D eigenvalue weighted by molar-refractivity contribution is 5.38. The van der Waals surface area contributed by atoms with E-state index in [0.717, 1.165) is 0 Å². The third kappa shape index (κ3) is 5.26. The van der Waals surface area contributed by atoms with E-state index in [1.54, 1.807) is 0 Å². The largest absolute Gasteiger partial charge is 0.576 e. The van der Waals surface area contributed by atoms with Crippen molar-refractivity contribution < 1.29 is 22.7 Å². The highest BCUT2D eigenvalue weighted by Gasteiger charge is 2.24. The highest BCUT2D eigenvalue weighted by Crippen LogP contribution is 2.13. The van der Waals surface area contributed by atoms with Gasteiger partial charge < -0.3 is 9.53 Å². The Balaban J connectivity index is 3.34. The van der Waals surface area contributed by atoms with Crippen molar-refractivity contribution in [2.24, 2.45) is 0 Å². The van der Waals surface area contributed by atoms with Crippen molar-refractivity contribution in [1.82, 2.24) is 0 Å². The summed E-state index contributed by atoms with van der Waals surface area (Å²) in [5.41, 5.74) is 0. The third-order valence-electron chi connectivity index (χ3n) is 0.157. The van der Waals surface area contributed by atoms with E-state index in [2.05, 4.69) is 4.74 Å². The van der Waals surface area contributed by atoms with Crippen molar-refractivity contribution in [3.63, 3.8) is 0 Å². The molecule has 0 spiro atoms. The number of hydrogen-bond donors (Lipinski definition) is 0. The molecule has 0 aromatic carbocycles. The number of alkyl halides is 3. The van der Waals surface area contributed by atoms with Crippen molar-refractivity contribution in [1.29, 1.82) is 0 Å². The molecule has 0 aromatic heterocycles. The van der Waals surface area contributed by atoms with Gasteiger partial charge in [0.2, 0.25) is 0 Å². The first kappa shape index (κ1) is 6.26. The minimum Gasteiger partial charge on any atom is -0.576 e. The maximum atomic E-state index is 10.6. The molecule has 2 nitrogen and oxygen atoms in total. The van der Waals surface area contributed by atoms with Crippen molar-refractivity contribution >= 4 is 6.47 Å². The molecule has 0 amide bonds. The second kappa shape index (κ2) is 1.81. The summed E-state index contributed by atoms with van der Waals surface area (Å²) in [5.74, 6) is 0. The first-order chi connectivity index (χ1) is 3.06. The molecule has 0 atom stereocenters. The van der Waals surface area contributed by atoms with Crippen molar-refractivity contribution in [2.45, 2.75) is 6.36 Å². The molecule has 0 radical (unpaired) electrons. The molecule has 0 aromatic rings. The Morgan fingerprint density at radius 1 is 1.43 bits per heavy atom. The van der Waals surface area contributed by atoms with Crippen LogP contribution in [0.15, 0.2) is 0 Å². The van der Waals surface area contributed by atoms with Gasteiger partial charge in [-0.05, 0) is 0 Å². The molecule has 0 N–H and O–H groups in total. The first-order valence-corrected chi connectivity index (χ1v) is 1.18. The monoisotopic (exact) mass is 113 g/mol. The second-order valence-corrected chi connectivity index (χ2v) is 0.631. The summed E-state index contributed by atoms with van der Waals surface area (Å²) in [5, 5.41) is 0. The van der Waals surface area contributed by atoms with Gasteiger partial charge in [-0.3, -0.25) is 0 Å². The van der Waals surface area contributed by atoms with Crippen LogP contribution in [0.2, 0.25) is 0 Å². The molecule has 0 saturated heterocycles. The third-order valence-corrected chi connectivity index (χ3v) is 0.157. The molecular weight excluding hydrogens is 113 g/mol. The van der Waals surface area contributed by atoms with E-state index in [1.165, 1.54) is 0 Å². The van der Waals surface area contributed by atoms with Gasteiger partial charge in [0, 0.05) is 0 Å². The lowest BCUT2D eigenvalue weighted by Gasteiger charge is -2.08. The number of rotatable bonds is 1. The zero-order valence-electron chi connectivity index (χ0n) is 2.95. The standard InChI is InChI=1S/C2F3O2/c3-2(4,5)7-1-6/q-1. The van der Waals surface area contributed by atoms with E-state index in [0.29, 0.717) is 0 Å². The van der Waals surface area contributed by atoms with Crippen LogP contribution in [0.3, 0.4) is 0 Å². The molecule has 0 aliphatic rings. The lowest BCUT2D eigenvalue weighted by Crippen LogP contribution is -2.10. The number of hydrogen-bond acceptors (Lipinski definition) is 2. The Morgan fingerprint density at radius 3 is 1.86 bits per heavy atom. The molecule has 0 heterocycles. The Kier molecular flexibility index (Phi) is 1.62. The summed E-state index contributed by atoms with van der Waals surface area (Å²) >= 11 is 0. The zero-order valence-corrected chi connectivity index (χ0v) is 2.95. The fourth-order valence-corrected chi connectivity index (χ4v) is 0.0472. The molecule has 5 heteroatoms. The lowest BCUT2D eigenvalue weighted by molar-refractivity contribution is -0.283. The zero-order chi connectivity index (χ0) is 5.91. The quantitative estimate of drug-likeness (QED) is 0.465. The minimum atomic E-state index is -4.87. The molecular formula is C2F3O2-. The Morgan fingerprint density at radius 2 is 1.86 bits per heavy atom. The van der Waals surface area contributed by atoms with Crippen LogP contribution in [-0.4, -0.2) is 12.8 Å². The average molecular weight is 113 g/mol. The van der Waals surface area contributed by atoms with Gasteiger partial charge in [-0.25, -0.2) is 0 Å². The topological polar surface area (TPSA) is 26.3 Å². The predicted octanol–water partition coefficient (Wildman–Crippen LogP) is 0.590. The fraction of sp³-hybridized carbons (Fsp3) is 0.500. The van der Waals surface area contributed by atoms with Gasteiger partial charge in [0.05, 0.1) is 0 Å². The minimum absolute atomic E-state index is 0.233. The predicted molar refractivity (Wildman–Crippen MR) is 12.8 cm³/mol. The van der Waals surface area contributed by atoms with Gasteiger partial charge in [0.25, 0.3) is 0 Å².